The van der Waals surface area contributed by atoms with Crippen LogP contribution in [0.2, 0.25) is 0 Å². The maximum Gasteiger partial charge on any atom is 0.306 e. The van der Waals surface area contributed by atoms with Gasteiger partial charge in [0.05, 0.1) is 6.61 Å². The van der Waals surface area contributed by atoms with Crippen LogP contribution in [0.1, 0.15) is 290 Å². The molecule has 0 aliphatic heterocycles. The quantitative estimate of drug-likeness (QED) is 0.0348. The van der Waals surface area contributed by atoms with E-state index in [4.69, 9.17) is 14.2 Å². The largest absolute Gasteiger partial charge is 0.462 e. The van der Waals surface area contributed by atoms with Crippen LogP contribution in [0.5, 0.6) is 0 Å². The predicted octanol–water partition coefficient (Wildman–Crippen LogP) is 17.5. The van der Waals surface area contributed by atoms with Crippen LogP contribution < -0.4 is 0 Å². The van der Waals surface area contributed by atoms with Crippen molar-refractivity contribution in [1.29, 1.82) is 0 Å². The molecule has 0 heterocycles. The van der Waals surface area contributed by atoms with Crippen LogP contribution >= 0.6 is 0 Å². The Hall–Kier alpha value is -1.36. The fourth-order valence-corrected chi connectivity index (χ4v) is 7.86. The number of hydrogen-bond acceptors (Lipinski definition) is 5. The highest BCUT2D eigenvalue weighted by molar-refractivity contribution is 5.70. The first-order chi connectivity index (χ1) is 28.6. The molecule has 0 amide bonds. The molecule has 0 spiro atoms. The Morgan fingerprint density at radius 3 is 1.05 bits per heavy atom. The highest BCUT2D eigenvalue weighted by Crippen LogP contribution is 2.16. The Kier molecular flexibility index (Phi) is 48.8. The van der Waals surface area contributed by atoms with Gasteiger partial charge < -0.3 is 14.2 Å². The van der Waals surface area contributed by atoms with Crippen molar-refractivity contribution in [3.05, 3.63) is 12.2 Å². The topological polar surface area (TPSA) is 61.8 Å². The highest BCUT2D eigenvalue weighted by atomic mass is 16.6. The van der Waals surface area contributed by atoms with Gasteiger partial charge in [-0.2, -0.15) is 0 Å². The van der Waals surface area contributed by atoms with E-state index in [2.05, 4.69) is 32.9 Å². The zero-order valence-electron chi connectivity index (χ0n) is 39.6. The molecule has 58 heavy (non-hydrogen) atoms. The number of carbonyl (C=O) groups is 2. The second kappa shape index (κ2) is 50.0. The SMILES string of the molecule is CCCCCCCC/C=C\CCCCCCCC(=O)OCC(COCCCCCCCCCCCCCCCC)OC(=O)CCCCCCCCCCCCCCC. The lowest BCUT2D eigenvalue weighted by molar-refractivity contribution is -0.163. The van der Waals surface area contributed by atoms with Crippen molar-refractivity contribution in [3.63, 3.8) is 0 Å². The first-order valence-corrected chi connectivity index (χ1v) is 26.2. The van der Waals surface area contributed by atoms with E-state index in [0.717, 1.165) is 38.5 Å². The number of carbonyl (C=O) groups excluding carboxylic acids is 2. The zero-order valence-corrected chi connectivity index (χ0v) is 39.6. The minimum absolute atomic E-state index is 0.0903. The number of esters is 2. The van der Waals surface area contributed by atoms with Gasteiger partial charge in [-0.1, -0.05) is 245 Å². The van der Waals surface area contributed by atoms with E-state index in [9.17, 15) is 9.59 Å². The molecule has 5 nitrogen and oxygen atoms in total. The predicted molar refractivity (Wildman–Crippen MR) is 252 cm³/mol. The number of hydrogen-bond donors (Lipinski definition) is 0. The summed E-state index contributed by atoms with van der Waals surface area (Å²) in [6.45, 7) is 7.88. The average Bonchev–Trinajstić information content (AvgIpc) is 3.22. The number of allylic oxidation sites excluding steroid dienone is 2. The van der Waals surface area contributed by atoms with E-state index >= 15 is 0 Å². The summed E-state index contributed by atoms with van der Waals surface area (Å²) in [4.78, 5) is 25.4. The third-order valence-corrected chi connectivity index (χ3v) is 11.8. The summed E-state index contributed by atoms with van der Waals surface area (Å²) in [5, 5.41) is 0. The summed E-state index contributed by atoms with van der Waals surface area (Å²) in [7, 11) is 0. The van der Waals surface area contributed by atoms with Gasteiger partial charge in [0.25, 0.3) is 0 Å². The molecule has 0 aromatic heterocycles. The molecule has 0 aliphatic carbocycles. The van der Waals surface area contributed by atoms with Gasteiger partial charge in [0.15, 0.2) is 6.10 Å². The van der Waals surface area contributed by atoms with Gasteiger partial charge in [0, 0.05) is 19.4 Å². The molecule has 0 N–H and O–H groups in total. The summed E-state index contributed by atoms with van der Waals surface area (Å²) >= 11 is 0. The zero-order chi connectivity index (χ0) is 42.1. The molecule has 0 aromatic rings. The minimum Gasteiger partial charge on any atom is -0.462 e. The van der Waals surface area contributed by atoms with E-state index in [1.54, 1.807) is 0 Å². The van der Waals surface area contributed by atoms with Crippen molar-refractivity contribution in [3.8, 4) is 0 Å². The highest BCUT2D eigenvalue weighted by Gasteiger charge is 2.17. The van der Waals surface area contributed by atoms with Gasteiger partial charge in [0.1, 0.15) is 6.61 Å². The minimum atomic E-state index is -0.529. The van der Waals surface area contributed by atoms with Gasteiger partial charge in [-0.05, 0) is 44.9 Å². The third kappa shape index (κ3) is 47.3. The van der Waals surface area contributed by atoms with Gasteiger partial charge in [-0.25, -0.2) is 0 Å². The molecule has 0 bridgehead atoms. The van der Waals surface area contributed by atoms with Crippen molar-refractivity contribution < 1.29 is 23.8 Å². The first kappa shape index (κ1) is 56.6. The lowest BCUT2D eigenvalue weighted by atomic mass is 10.0. The van der Waals surface area contributed by atoms with E-state index in [-0.39, 0.29) is 18.5 Å². The summed E-state index contributed by atoms with van der Waals surface area (Å²) < 4.78 is 17.4. The van der Waals surface area contributed by atoms with E-state index in [1.165, 1.54) is 218 Å². The molecule has 0 rings (SSSR count). The fourth-order valence-electron chi connectivity index (χ4n) is 7.86. The lowest BCUT2D eigenvalue weighted by Gasteiger charge is -2.18. The van der Waals surface area contributed by atoms with E-state index in [0.29, 0.717) is 26.1 Å². The normalized spacial score (nSPS) is 12.1. The Morgan fingerprint density at radius 1 is 0.362 bits per heavy atom. The molecular formula is C53H102O5. The van der Waals surface area contributed by atoms with Gasteiger partial charge in [-0.15, -0.1) is 0 Å². The van der Waals surface area contributed by atoms with Crippen LogP contribution in [0, 0.1) is 0 Å². The molecular weight excluding hydrogens is 717 g/mol. The lowest BCUT2D eigenvalue weighted by Crippen LogP contribution is -2.30. The van der Waals surface area contributed by atoms with Crippen molar-refractivity contribution in [2.24, 2.45) is 0 Å². The standard InChI is InChI=1S/C53H102O5/c1-4-7-10-13-16-19-22-25-27-29-31-34-37-40-43-46-52(54)57-50-51(49-56-48-45-42-39-36-33-30-26-23-20-17-14-11-8-5-2)58-53(55)47-44-41-38-35-32-28-24-21-18-15-12-9-6-3/h25,27,51H,4-24,26,28-50H2,1-3H3/b27-25-. The Bertz CT molecular complexity index is 840. The van der Waals surface area contributed by atoms with Crippen LogP contribution in [0.25, 0.3) is 0 Å². The molecule has 1 atom stereocenters. The van der Waals surface area contributed by atoms with Crippen LogP contribution in [0.15, 0.2) is 12.2 Å². The molecule has 0 fully saturated rings. The first-order valence-electron chi connectivity index (χ1n) is 26.2. The second-order valence-electron chi connectivity index (χ2n) is 17.8. The molecule has 0 aromatic carbocycles. The number of ether oxygens (including phenoxy) is 3. The van der Waals surface area contributed by atoms with Crippen LogP contribution in [-0.4, -0.2) is 37.9 Å². The van der Waals surface area contributed by atoms with Crippen molar-refractivity contribution in [1.82, 2.24) is 0 Å². The number of unbranched alkanes of at least 4 members (excludes halogenated alkanes) is 36. The molecule has 0 saturated heterocycles. The molecule has 1 unspecified atom stereocenters. The number of rotatable bonds is 49. The summed E-state index contributed by atoms with van der Waals surface area (Å²) in [6.07, 6.45) is 56.4. The average molecular weight is 819 g/mol. The molecule has 344 valence electrons. The monoisotopic (exact) mass is 819 g/mol. The smallest absolute Gasteiger partial charge is 0.306 e. The van der Waals surface area contributed by atoms with Crippen LogP contribution in [-0.2, 0) is 23.8 Å². The van der Waals surface area contributed by atoms with E-state index < -0.39 is 6.10 Å². The van der Waals surface area contributed by atoms with Crippen molar-refractivity contribution in [2.75, 3.05) is 19.8 Å². The van der Waals surface area contributed by atoms with Crippen LogP contribution in [0.3, 0.4) is 0 Å². The van der Waals surface area contributed by atoms with Crippen molar-refractivity contribution in [2.45, 2.75) is 297 Å². The molecule has 0 radical (unpaired) electrons. The second-order valence-corrected chi connectivity index (χ2v) is 17.8. The van der Waals surface area contributed by atoms with Gasteiger partial charge in [-0.3, -0.25) is 9.59 Å². The summed E-state index contributed by atoms with van der Waals surface area (Å²) in [5.74, 6) is -0.386. The maximum atomic E-state index is 12.8. The van der Waals surface area contributed by atoms with Gasteiger partial charge in [0.2, 0.25) is 0 Å². The molecule has 5 heteroatoms. The van der Waals surface area contributed by atoms with Crippen LogP contribution in [0.4, 0.5) is 0 Å². The Balaban J connectivity index is 4.21. The maximum absolute atomic E-state index is 12.8. The molecule has 0 saturated carbocycles. The fraction of sp³-hybridized carbons (Fsp3) is 0.925. The van der Waals surface area contributed by atoms with Gasteiger partial charge >= 0.3 is 11.9 Å². The summed E-state index contributed by atoms with van der Waals surface area (Å²) in [6, 6.07) is 0. The molecule has 0 aliphatic rings. The summed E-state index contributed by atoms with van der Waals surface area (Å²) in [5.41, 5.74) is 0. The third-order valence-electron chi connectivity index (χ3n) is 11.8. The van der Waals surface area contributed by atoms with E-state index in [1.807, 2.05) is 0 Å². The Morgan fingerprint density at radius 2 is 0.672 bits per heavy atom. The van der Waals surface area contributed by atoms with Crippen molar-refractivity contribution >= 4 is 11.9 Å². The Labute approximate surface area is 363 Å².